The van der Waals surface area contributed by atoms with Crippen molar-refractivity contribution in [2.24, 2.45) is 11.5 Å². The Kier molecular flexibility index (Phi) is 18.3. The molecule has 0 aliphatic carbocycles. The molecule has 0 amide bonds. The molecule has 0 spiro atoms. The lowest BCUT2D eigenvalue weighted by atomic mass is 10.0. The number of nitrogens with two attached hydrogens (primary N) is 2. The van der Waals surface area contributed by atoms with Crippen LogP contribution in [0.15, 0.2) is 23.3 Å². The molecule has 0 bridgehead atoms. The van der Waals surface area contributed by atoms with E-state index < -0.39 is 0 Å². The smallest absolute Gasteiger partial charge is 0.00773 e. The molecule has 0 aromatic heterocycles. The first kappa shape index (κ1) is 23.4. The third-order valence-electron chi connectivity index (χ3n) is 4.70. The van der Waals surface area contributed by atoms with Crippen molar-refractivity contribution < 1.29 is 0 Å². The van der Waals surface area contributed by atoms with Gasteiger partial charge in [0.25, 0.3) is 0 Å². The van der Waals surface area contributed by atoms with Crippen LogP contribution >= 0.6 is 0 Å². The van der Waals surface area contributed by atoms with Crippen LogP contribution in [0.1, 0.15) is 104 Å². The van der Waals surface area contributed by atoms with Crippen molar-refractivity contribution in [3.05, 3.63) is 23.3 Å². The zero-order chi connectivity index (χ0) is 17.9. The topological polar surface area (TPSA) is 52.0 Å². The quantitative estimate of drug-likeness (QED) is 0.243. The lowest BCUT2D eigenvalue weighted by Crippen LogP contribution is -1.97. The van der Waals surface area contributed by atoms with Crippen molar-refractivity contribution >= 4 is 0 Å². The van der Waals surface area contributed by atoms with E-state index in [0.717, 1.165) is 13.1 Å². The summed E-state index contributed by atoms with van der Waals surface area (Å²) in [6.45, 7) is 6.27. The third-order valence-corrected chi connectivity index (χ3v) is 4.70. The van der Waals surface area contributed by atoms with Crippen molar-refractivity contribution in [1.29, 1.82) is 0 Å². The van der Waals surface area contributed by atoms with E-state index in [9.17, 15) is 0 Å². The molecule has 0 aromatic rings. The molecule has 0 aliphatic heterocycles. The molecular weight excluding hydrogens is 292 g/mol. The van der Waals surface area contributed by atoms with Crippen molar-refractivity contribution in [3.63, 3.8) is 0 Å². The van der Waals surface area contributed by atoms with Crippen molar-refractivity contribution in [2.45, 2.75) is 104 Å². The van der Waals surface area contributed by atoms with Crippen LogP contribution in [0.2, 0.25) is 0 Å². The van der Waals surface area contributed by atoms with Gasteiger partial charge in [-0.25, -0.2) is 0 Å². The number of allylic oxidation sites excluding steroid dienone is 4. The fraction of sp³-hybridized carbons (Fsp3) is 0.818. The summed E-state index contributed by atoms with van der Waals surface area (Å²) in [5.41, 5.74) is 14.2. The predicted octanol–water partition coefficient (Wildman–Crippen LogP) is 6.26. The molecule has 0 unspecified atom stereocenters. The van der Waals surface area contributed by atoms with Gasteiger partial charge in [-0.05, 0) is 78.3 Å². The van der Waals surface area contributed by atoms with E-state index in [1.165, 1.54) is 89.9 Å². The van der Waals surface area contributed by atoms with Gasteiger partial charge in [0.05, 0.1) is 0 Å². The zero-order valence-corrected chi connectivity index (χ0v) is 16.6. The summed E-state index contributed by atoms with van der Waals surface area (Å²) in [4.78, 5) is 0. The van der Waals surface area contributed by atoms with Crippen LogP contribution in [0, 0.1) is 0 Å². The van der Waals surface area contributed by atoms with Crippen LogP contribution in [0.4, 0.5) is 0 Å². The van der Waals surface area contributed by atoms with Crippen LogP contribution in [0.25, 0.3) is 0 Å². The van der Waals surface area contributed by atoms with Crippen molar-refractivity contribution in [2.75, 3.05) is 13.1 Å². The molecule has 0 atom stereocenters. The lowest BCUT2D eigenvalue weighted by molar-refractivity contribution is 0.616. The average Bonchev–Trinajstić information content (AvgIpc) is 2.58. The van der Waals surface area contributed by atoms with Crippen LogP contribution < -0.4 is 11.5 Å². The summed E-state index contributed by atoms with van der Waals surface area (Å²) < 4.78 is 0. The first-order valence-electron chi connectivity index (χ1n) is 10.4. The molecule has 0 aliphatic rings. The van der Waals surface area contributed by atoms with Gasteiger partial charge in [-0.1, -0.05) is 61.8 Å². The molecule has 0 rings (SSSR count). The highest BCUT2D eigenvalue weighted by Gasteiger charge is 1.94. The minimum atomic E-state index is 0.847. The normalized spacial score (nSPS) is 12.8. The highest BCUT2D eigenvalue weighted by Crippen LogP contribution is 2.14. The maximum absolute atomic E-state index is 5.51. The van der Waals surface area contributed by atoms with E-state index in [0.29, 0.717) is 0 Å². The van der Waals surface area contributed by atoms with Crippen LogP contribution in [0.3, 0.4) is 0 Å². The van der Waals surface area contributed by atoms with E-state index in [1.54, 1.807) is 11.1 Å². The van der Waals surface area contributed by atoms with Crippen LogP contribution in [-0.2, 0) is 0 Å². The van der Waals surface area contributed by atoms with Gasteiger partial charge in [0, 0.05) is 0 Å². The Hall–Kier alpha value is -0.600. The van der Waals surface area contributed by atoms with Gasteiger partial charge in [-0.2, -0.15) is 0 Å². The molecule has 0 fully saturated rings. The SMILES string of the molecule is CC(=CCCC=C(C)CCCCCCCN)CCCCCCCN. The minimum absolute atomic E-state index is 0.847. The third kappa shape index (κ3) is 17.7. The van der Waals surface area contributed by atoms with Gasteiger partial charge in [0.1, 0.15) is 0 Å². The molecule has 142 valence electrons. The molecule has 0 saturated carbocycles. The second-order valence-electron chi connectivity index (χ2n) is 7.29. The molecule has 0 aromatic carbocycles. The first-order valence-corrected chi connectivity index (χ1v) is 10.4. The number of hydrogen-bond donors (Lipinski definition) is 2. The molecule has 24 heavy (non-hydrogen) atoms. The average molecular weight is 337 g/mol. The van der Waals surface area contributed by atoms with Crippen molar-refractivity contribution in [3.8, 4) is 0 Å². The van der Waals surface area contributed by atoms with Gasteiger partial charge in [0.2, 0.25) is 0 Å². The van der Waals surface area contributed by atoms with Gasteiger partial charge >= 0.3 is 0 Å². The second-order valence-corrected chi connectivity index (χ2v) is 7.29. The summed E-state index contributed by atoms with van der Waals surface area (Å²) in [7, 11) is 0. The largest absolute Gasteiger partial charge is 0.330 e. The highest BCUT2D eigenvalue weighted by molar-refractivity contribution is 5.02. The number of hydrogen-bond acceptors (Lipinski definition) is 2. The summed E-state index contributed by atoms with van der Waals surface area (Å²) in [6, 6.07) is 0. The van der Waals surface area contributed by atoms with E-state index in [2.05, 4.69) is 26.0 Å². The Bertz CT molecular complexity index is 286. The minimum Gasteiger partial charge on any atom is -0.330 e. The molecule has 0 radical (unpaired) electrons. The maximum atomic E-state index is 5.51. The zero-order valence-electron chi connectivity index (χ0n) is 16.6. The summed E-state index contributed by atoms with van der Waals surface area (Å²) in [5, 5.41) is 0. The molecule has 0 saturated heterocycles. The highest BCUT2D eigenvalue weighted by atomic mass is 14.5. The molecule has 2 nitrogen and oxygen atoms in total. The molecule has 4 N–H and O–H groups in total. The fourth-order valence-electron chi connectivity index (χ4n) is 3.02. The van der Waals surface area contributed by atoms with Crippen molar-refractivity contribution in [1.82, 2.24) is 0 Å². The standard InChI is InChI=1S/C22H44N2/c1-21(15-9-5-3-7-13-19-23)17-11-12-18-22(2)16-10-6-4-8-14-20-24/h17-18H,3-16,19-20,23-24H2,1-2H3. The summed E-state index contributed by atoms with van der Waals surface area (Å²) in [5.74, 6) is 0. The van der Waals surface area contributed by atoms with Crippen LogP contribution in [-0.4, -0.2) is 13.1 Å². The Morgan fingerprint density at radius 1 is 0.542 bits per heavy atom. The van der Waals surface area contributed by atoms with Gasteiger partial charge in [-0.3, -0.25) is 0 Å². The number of unbranched alkanes of at least 4 members (excludes halogenated alkanes) is 9. The second kappa shape index (κ2) is 18.7. The van der Waals surface area contributed by atoms with Crippen LogP contribution in [0.5, 0.6) is 0 Å². The molecule has 0 heterocycles. The molecule has 2 heteroatoms. The predicted molar refractivity (Wildman–Crippen MR) is 110 cm³/mol. The van der Waals surface area contributed by atoms with Gasteiger partial charge < -0.3 is 11.5 Å². The lowest BCUT2D eigenvalue weighted by Gasteiger charge is -2.03. The van der Waals surface area contributed by atoms with Gasteiger partial charge in [-0.15, -0.1) is 0 Å². The first-order chi connectivity index (χ1) is 11.7. The summed E-state index contributed by atoms with van der Waals surface area (Å²) in [6.07, 6.45) is 22.9. The Labute approximate surface area is 152 Å². The van der Waals surface area contributed by atoms with E-state index in [4.69, 9.17) is 11.5 Å². The maximum Gasteiger partial charge on any atom is -0.00773 e. The fourth-order valence-corrected chi connectivity index (χ4v) is 3.02. The Balaban J connectivity index is 3.54. The summed E-state index contributed by atoms with van der Waals surface area (Å²) >= 11 is 0. The van der Waals surface area contributed by atoms with E-state index >= 15 is 0 Å². The van der Waals surface area contributed by atoms with E-state index in [1.807, 2.05) is 0 Å². The Morgan fingerprint density at radius 3 is 1.25 bits per heavy atom. The van der Waals surface area contributed by atoms with E-state index in [-0.39, 0.29) is 0 Å². The molecular formula is C22H44N2. The number of rotatable bonds is 17. The Morgan fingerprint density at radius 2 is 0.875 bits per heavy atom. The monoisotopic (exact) mass is 336 g/mol. The van der Waals surface area contributed by atoms with Gasteiger partial charge in [0.15, 0.2) is 0 Å².